The lowest BCUT2D eigenvalue weighted by Gasteiger charge is -2.12. The highest BCUT2D eigenvalue weighted by Gasteiger charge is 2.10. The van der Waals surface area contributed by atoms with Crippen LogP contribution in [0.15, 0.2) is 36.5 Å². The largest absolute Gasteiger partial charge is 0.493 e. The Kier molecular flexibility index (Phi) is 7.23. The van der Waals surface area contributed by atoms with Crippen LogP contribution < -0.4 is 20.1 Å². The molecule has 1 aromatic heterocycles. The van der Waals surface area contributed by atoms with Crippen molar-refractivity contribution in [1.29, 1.82) is 0 Å². The number of pyridine rings is 1. The molecule has 2 rings (SSSR count). The van der Waals surface area contributed by atoms with E-state index in [0.29, 0.717) is 28.6 Å². The van der Waals surface area contributed by atoms with Crippen LogP contribution in [0.2, 0.25) is 0 Å². The zero-order valence-electron chi connectivity index (χ0n) is 15.7. The number of hydrogen-bond donors (Lipinski definition) is 2. The lowest BCUT2D eigenvalue weighted by Crippen LogP contribution is -2.17. The predicted octanol–water partition coefficient (Wildman–Crippen LogP) is 2.71. The number of amides is 1. The Morgan fingerprint density at radius 3 is 2.58 bits per heavy atom. The van der Waals surface area contributed by atoms with Gasteiger partial charge in [-0.15, -0.1) is 0 Å². The van der Waals surface area contributed by atoms with Crippen molar-refractivity contribution >= 4 is 17.4 Å². The first-order valence-corrected chi connectivity index (χ1v) is 8.41. The Morgan fingerprint density at radius 2 is 1.88 bits per heavy atom. The van der Waals surface area contributed by atoms with Crippen LogP contribution in [-0.4, -0.2) is 57.2 Å². The lowest BCUT2D eigenvalue weighted by atomic mass is 10.2. The lowest BCUT2D eigenvalue weighted by molar-refractivity contribution is 0.102. The molecular weight excluding hydrogens is 332 g/mol. The molecule has 1 amide bonds. The van der Waals surface area contributed by atoms with E-state index in [1.165, 1.54) is 0 Å². The van der Waals surface area contributed by atoms with Gasteiger partial charge in [0, 0.05) is 30.1 Å². The molecule has 0 bridgehead atoms. The Labute approximate surface area is 154 Å². The highest BCUT2D eigenvalue weighted by molar-refractivity contribution is 6.04. The molecule has 1 aromatic carbocycles. The van der Waals surface area contributed by atoms with E-state index in [1.807, 2.05) is 14.1 Å². The van der Waals surface area contributed by atoms with Gasteiger partial charge in [0.1, 0.15) is 5.82 Å². The van der Waals surface area contributed by atoms with E-state index < -0.39 is 0 Å². The number of anilines is 2. The smallest absolute Gasteiger partial charge is 0.255 e. The number of carbonyl (C=O) groups excluding carboxylic acids is 1. The molecule has 0 unspecified atom stereocenters. The summed E-state index contributed by atoms with van der Waals surface area (Å²) >= 11 is 0. The predicted molar refractivity (Wildman–Crippen MR) is 103 cm³/mol. The van der Waals surface area contributed by atoms with Crippen LogP contribution in [0.1, 0.15) is 16.8 Å². The van der Waals surface area contributed by atoms with E-state index in [1.54, 1.807) is 50.7 Å². The molecule has 140 valence electrons. The molecule has 0 fully saturated rings. The second-order valence-electron chi connectivity index (χ2n) is 6.04. The van der Waals surface area contributed by atoms with E-state index in [9.17, 15) is 4.79 Å². The molecule has 2 aromatic rings. The Bertz CT molecular complexity index is 734. The summed E-state index contributed by atoms with van der Waals surface area (Å²) in [7, 11) is 7.20. The summed E-state index contributed by atoms with van der Waals surface area (Å²) in [6.07, 6.45) is 2.62. The summed E-state index contributed by atoms with van der Waals surface area (Å²) in [6.45, 7) is 1.79. The molecule has 1 heterocycles. The standard InChI is InChI=1S/C19H26N4O3/c1-23(2)11-5-9-20-18-12-14(8-10-21-18)19(24)22-15-6-7-16(25-3)17(13-15)26-4/h6-8,10,12-13H,5,9,11H2,1-4H3,(H,20,21)(H,22,24). The summed E-state index contributed by atoms with van der Waals surface area (Å²) in [6, 6.07) is 8.66. The number of nitrogens with one attached hydrogen (secondary N) is 2. The number of nitrogens with zero attached hydrogens (tertiary/aromatic N) is 2. The van der Waals surface area contributed by atoms with Gasteiger partial charge in [0.15, 0.2) is 11.5 Å². The van der Waals surface area contributed by atoms with Crippen molar-refractivity contribution in [2.75, 3.05) is 52.0 Å². The Morgan fingerprint density at radius 1 is 1.12 bits per heavy atom. The van der Waals surface area contributed by atoms with Gasteiger partial charge in [-0.3, -0.25) is 4.79 Å². The van der Waals surface area contributed by atoms with Crippen LogP contribution in [0.3, 0.4) is 0 Å². The fourth-order valence-electron chi connectivity index (χ4n) is 2.40. The fourth-order valence-corrected chi connectivity index (χ4v) is 2.40. The quantitative estimate of drug-likeness (QED) is 0.671. The SMILES string of the molecule is COc1ccc(NC(=O)c2ccnc(NCCCN(C)C)c2)cc1OC. The van der Waals surface area contributed by atoms with E-state index in [-0.39, 0.29) is 5.91 Å². The van der Waals surface area contributed by atoms with Crippen molar-refractivity contribution in [2.24, 2.45) is 0 Å². The molecule has 7 nitrogen and oxygen atoms in total. The first-order chi connectivity index (χ1) is 12.5. The van der Waals surface area contributed by atoms with Gasteiger partial charge in [-0.25, -0.2) is 4.98 Å². The molecule has 0 saturated heterocycles. The number of hydrogen-bond acceptors (Lipinski definition) is 6. The minimum atomic E-state index is -0.212. The van der Waals surface area contributed by atoms with Gasteiger partial charge in [0.05, 0.1) is 14.2 Å². The number of aromatic nitrogens is 1. The summed E-state index contributed by atoms with van der Waals surface area (Å²) in [5, 5.41) is 6.10. The third kappa shape index (κ3) is 5.63. The van der Waals surface area contributed by atoms with Crippen LogP contribution >= 0.6 is 0 Å². The molecule has 0 aliphatic heterocycles. The molecule has 7 heteroatoms. The zero-order chi connectivity index (χ0) is 18.9. The highest BCUT2D eigenvalue weighted by atomic mass is 16.5. The molecule has 0 atom stereocenters. The Balaban J connectivity index is 2.00. The maximum absolute atomic E-state index is 12.5. The van der Waals surface area contributed by atoms with Crippen molar-refractivity contribution in [3.8, 4) is 11.5 Å². The number of rotatable bonds is 9. The zero-order valence-corrected chi connectivity index (χ0v) is 15.7. The van der Waals surface area contributed by atoms with E-state index in [4.69, 9.17) is 9.47 Å². The van der Waals surface area contributed by atoms with Crippen LogP contribution in [-0.2, 0) is 0 Å². The second kappa shape index (κ2) is 9.62. The summed E-state index contributed by atoms with van der Waals surface area (Å²) < 4.78 is 10.5. The molecule has 0 spiro atoms. The van der Waals surface area contributed by atoms with Crippen molar-refractivity contribution in [3.05, 3.63) is 42.1 Å². The minimum absolute atomic E-state index is 0.212. The van der Waals surface area contributed by atoms with Crippen LogP contribution in [0, 0.1) is 0 Å². The van der Waals surface area contributed by atoms with Crippen molar-refractivity contribution in [2.45, 2.75) is 6.42 Å². The second-order valence-corrected chi connectivity index (χ2v) is 6.04. The number of ether oxygens (including phenoxy) is 2. The third-order valence-corrected chi connectivity index (χ3v) is 3.75. The Hall–Kier alpha value is -2.80. The van der Waals surface area contributed by atoms with Crippen LogP contribution in [0.5, 0.6) is 11.5 Å². The van der Waals surface area contributed by atoms with Crippen molar-refractivity contribution < 1.29 is 14.3 Å². The van der Waals surface area contributed by atoms with Crippen LogP contribution in [0.4, 0.5) is 11.5 Å². The van der Waals surface area contributed by atoms with Gasteiger partial charge in [-0.1, -0.05) is 0 Å². The average Bonchev–Trinajstić information content (AvgIpc) is 2.65. The molecule has 2 N–H and O–H groups in total. The number of methoxy groups -OCH3 is 2. The summed E-state index contributed by atoms with van der Waals surface area (Å²) in [5.74, 6) is 1.64. The molecular formula is C19H26N4O3. The molecule has 0 radical (unpaired) electrons. The van der Waals surface area contributed by atoms with Crippen LogP contribution in [0.25, 0.3) is 0 Å². The van der Waals surface area contributed by atoms with Gasteiger partial charge >= 0.3 is 0 Å². The average molecular weight is 358 g/mol. The van der Waals surface area contributed by atoms with E-state index in [0.717, 1.165) is 19.5 Å². The molecule has 0 aliphatic carbocycles. The molecule has 0 saturated carbocycles. The van der Waals surface area contributed by atoms with Gasteiger partial charge in [0.2, 0.25) is 0 Å². The highest BCUT2D eigenvalue weighted by Crippen LogP contribution is 2.29. The van der Waals surface area contributed by atoms with Crippen molar-refractivity contribution in [1.82, 2.24) is 9.88 Å². The molecule has 26 heavy (non-hydrogen) atoms. The number of benzene rings is 1. The first-order valence-electron chi connectivity index (χ1n) is 8.41. The van der Waals surface area contributed by atoms with Gasteiger partial charge < -0.3 is 25.0 Å². The van der Waals surface area contributed by atoms with E-state index in [2.05, 4.69) is 20.5 Å². The first kappa shape index (κ1) is 19.5. The monoisotopic (exact) mass is 358 g/mol. The maximum atomic E-state index is 12.5. The van der Waals surface area contributed by atoms with Gasteiger partial charge in [0.25, 0.3) is 5.91 Å². The fraction of sp³-hybridized carbons (Fsp3) is 0.368. The number of carbonyl (C=O) groups is 1. The summed E-state index contributed by atoms with van der Waals surface area (Å²) in [5.41, 5.74) is 1.16. The van der Waals surface area contributed by atoms with Gasteiger partial charge in [-0.2, -0.15) is 0 Å². The van der Waals surface area contributed by atoms with Crippen molar-refractivity contribution in [3.63, 3.8) is 0 Å². The third-order valence-electron chi connectivity index (χ3n) is 3.75. The molecule has 0 aliphatic rings. The normalized spacial score (nSPS) is 10.5. The minimum Gasteiger partial charge on any atom is -0.493 e. The van der Waals surface area contributed by atoms with E-state index >= 15 is 0 Å². The topological polar surface area (TPSA) is 75.7 Å². The summed E-state index contributed by atoms with van der Waals surface area (Å²) in [4.78, 5) is 18.9. The maximum Gasteiger partial charge on any atom is 0.255 e. The van der Waals surface area contributed by atoms with Gasteiger partial charge in [-0.05, 0) is 51.3 Å².